The van der Waals surface area contributed by atoms with Crippen molar-refractivity contribution in [3.8, 4) is 5.69 Å². The third-order valence-corrected chi connectivity index (χ3v) is 3.28. The molecule has 1 heterocycles. The predicted octanol–water partition coefficient (Wildman–Crippen LogP) is 2.49. The number of aldehydes is 1. The summed E-state index contributed by atoms with van der Waals surface area (Å²) in [6.07, 6.45) is 3.68. The first-order valence-electron chi connectivity index (χ1n) is 6.85. The molecule has 0 radical (unpaired) electrons. The van der Waals surface area contributed by atoms with E-state index in [0.29, 0.717) is 5.69 Å². The monoisotopic (exact) mass is 272 g/mol. The lowest BCUT2D eigenvalue weighted by atomic mass is 10.1. The molecule has 0 bridgehead atoms. The molecule has 0 saturated heterocycles. The van der Waals surface area contributed by atoms with Crippen molar-refractivity contribution in [2.75, 3.05) is 19.0 Å². The molecule has 0 N–H and O–H groups in total. The van der Waals surface area contributed by atoms with Gasteiger partial charge in [-0.15, -0.1) is 5.10 Å². The van der Waals surface area contributed by atoms with Crippen molar-refractivity contribution >= 4 is 12.0 Å². The van der Waals surface area contributed by atoms with E-state index in [-0.39, 0.29) is 0 Å². The maximum absolute atomic E-state index is 11.1. The predicted molar refractivity (Wildman–Crippen MR) is 79.7 cm³/mol. The van der Waals surface area contributed by atoms with Gasteiger partial charge in [0.05, 0.1) is 11.4 Å². The number of carbonyl (C=O) groups excluding carboxylic acids is 1. The highest BCUT2D eigenvalue weighted by molar-refractivity contribution is 5.73. The minimum absolute atomic E-state index is 0.440. The molecule has 1 aromatic heterocycles. The summed E-state index contributed by atoms with van der Waals surface area (Å²) in [6, 6.07) is 8.05. The molecule has 2 aromatic rings. The van der Waals surface area contributed by atoms with Crippen molar-refractivity contribution in [3.05, 3.63) is 35.7 Å². The Kier molecular flexibility index (Phi) is 4.50. The number of hydrogen-bond acceptors (Lipinski definition) is 4. The van der Waals surface area contributed by atoms with Gasteiger partial charge in [-0.25, -0.2) is 4.68 Å². The Morgan fingerprint density at radius 2 is 1.95 bits per heavy atom. The van der Waals surface area contributed by atoms with Crippen LogP contribution in [0, 0.1) is 0 Å². The smallest absolute Gasteiger partial charge is 0.172 e. The van der Waals surface area contributed by atoms with Gasteiger partial charge in [-0.3, -0.25) is 4.79 Å². The van der Waals surface area contributed by atoms with E-state index in [2.05, 4.69) is 17.2 Å². The lowest BCUT2D eigenvalue weighted by Crippen LogP contribution is -2.09. The van der Waals surface area contributed by atoms with Gasteiger partial charge in [-0.2, -0.15) is 0 Å². The second kappa shape index (κ2) is 6.32. The molecule has 0 saturated carbocycles. The summed E-state index contributed by atoms with van der Waals surface area (Å²) in [4.78, 5) is 13.1. The van der Waals surface area contributed by atoms with Crippen molar-refractivity contribution in [1.82, 2.24) is 15.0 Å². The molecule has 5 nitrogen and oxygen atoms in total. The summed E-state index contributed by atoms with van der Waals surface area (Å²) >= 11 is 0. The number of unbranched alkanes of at least 4 members (excludes halogenated alkanes) is 1. The topological polar surface area (TPSA) is 51.0 Å². The van der Waals surface area contributed by atoms with E-state index in [1.165, 1.54) is 0 Å². The zero-order valence-electron chi connectivity index (χ0n) is 12.2. The fourth-order valence-corrected chi connectivity index (χ4v) is 2.08. The van der Waals surface area contributed by atoms with Crippen LogP contribution in [0.25, 0.3) is 5.69 Å². The average molecular weight is 272 g/mol. The first kappa shape index (κ1) is 14.2. The normalized spacial score (nSPS) is 10.6. The van der Waals surface area contributed by atoms with Crippen LogP contribution < -0.4 is 4.90 Å². The second-order valence-electron chi connectivity index (χ2n) is 4.97. The van der Waals surface area contributed by atoms with Crippen LogP contribution in [0.2, 0.25) is 0 Å². The largest absolute Gasteiger partial charge is 0.378 e. The average Bonchev–Trinajstić information content (AvgIpc) is 2.88. The van der Waals surface area contributed by atoms with Gasteiger partial charge in [0.2, 0.25) is 0 Å². The van der Waals surface area contributed by atoms with Gasteiger partial charge >= 0.3 is 0 Å². The maximum Gasteiger partial charge on any atom is 0.172 e. The second-order valence-corrected chi connectivity index (χ2v) is 4.97. The molecule has 20 heavy (non-hydrogen) atoms. The molecule has 2 rings (SSSR count). The molecular formula is C15H20N4O. The van der Waals surface area contributed by atoms with Gasteiger partial charge in [0.25, 0.3) is 0 Å². The number of aromatic nitrogens is 3. The fraction of sp³-hybridized carbons (Fsp3) is 0.400. The SMILES string of the molecule is CCCCc1c(C=O)nnn1-c1ccc(N(C)C)cc1. The summed E-state index contributed by atoms with van der Waals surface area (Å²) in [7, 11) is 4.00. The van der Waals surface area contributed by atoms with Crippen LogP contribution in [0.3, 0.4) is 0 Å². The molecule has 5 heteroatoms. The van der Waals surface area contributed by atoms with E-state index >= 15 is 0 Å². The Labute approximate surface area is 119 Å². The first-order valence-corrected chi connectivity index (χ1v) is 6.85. The molecule has 0 spiro atoms. The standard InChI is InChI=1S/C15H20N4O/c1-4-5-6-15-14(11-20)16-17-19(15)13-9-7-12(8-10-13)18(2)3/h7-11H,4-6H2,1-3H3. The quantitative estimate of drug-likeness (QED) is 0.758. The summed E-state index contributed by atoms with van der Waals surface area (Å²) in [5.74, 6) is 0. The highest BCUT2D eigenvalue weighted by Gasteiger charge is 2.13. The molecule has 0 atom stereocenters. The summed E-state index contributed by atoms with van der Waals surface area (Å²) < 4.78 is 1.76. The minimum atomic E-state index is 0.440. The van der Waals surface area contributed by atoms with Gasteiger partial charge in [-0.05, 0) is 37.1 Å². The Morgan fingerprint density at radius 3 is 2.50 bits per heavy atom. The van der Waals surface area contributed by atoms with Crippen LogP contribution in [0.5, 0.6) is 0 Å². The van der Waals surface area contributed by atoms with Crippen LogP contribution >= 0.6 is 0 Å². The van der Waals surface area contributed by atoms with Crippen LogP contribution in [-0.4, -0.2) is 35.4 Å². The Morgan fingerprint density at radius 1 is 1.25 bits per heavy atom. The van der Waals surface area contributed by atoms with Gasteiger partial charge in [0.15, 0.2) is 6.29 Å². The first-order chi connectivity index (χ1) is 9.67. The maximum atomic E-state index is 11.1. The fourth-order valence-electron chi connectivity index (χ4n) is 2.08. The highest BCUT2D eigenvalue weighted by atomic mass is 16.1. The third-order valence-electron chi connectivity index (χ3n) is 3.28. The van der Waals surface area contributed by atoms with E-state index in [4.69, 9.17) is 0 Å². The van der Waals surface area contributed by atoms with E-state index in [0.717, 1.165) is 42.6 Å². The third kappa shape index (κ3) is 2.87. The summed E-state index contributed by atoms with van der Waals surface area (Å²) in [5.41, 5.74) is 3.39. The van der Waals surface area contributed by atoms with E-state index in [1.54, 1.807) is 4.68 Å². The Bertz CT molecular complexity index is 572. The molecule has 106 valence electrons. The molecule has 0 aliphatic rings. The zero-order valence-corrected chi connectivity index (χ0v) is 12.2. The van der Waals surface area contributed by atoms with Gasteiger partial charge < -0.3 is 4.90 Å². The molecule has 0 amide bonds. The van der Waals surface area contributed by atoms with Crippen molar-refractivity contribution in [1.29, 1.82) is 0 Å². The summed E-state index contributed by atoms with van der Waals surface area (Å²) in [6.45, 7) is 2.13. The molecule has 0 fully saturated rings. The van der Waals surface area contributed by atoms with Crippen molar-refractivity contribution < 1.29 is 4.79 Å². The highest BCUT2D eigenvalue weighted by Crippen LogP contribution is 2.18. The van der Waals surface area contributed by atoms with E-state index in [9.17, 15) is 4.79 Å². The van der Waals surface area contributed by atoms with Crippen LogP contribution in [-0.2, 0) is 6.42 Å². The lowest BCUT2D eigenvalue weighted by molar-refractivity contribution is 0.111. The number of rotatable bonds is 6. The Hall–Kier alpha value is -2.17. The van der Waals surface area contributed by atoms with Crippen LogP contribution in [0.15, 0.2) is 24.3 Å². The van der Waals surface area contributed by atoms with E-state index < -0.39 is 0 Å². The van der Waals surface area contributed by atoms with Crippen LogP contribution in [0.4, 0.5) is 5.69 Å². The van der Waals surface area contributed by atoms with Crippen molar-refractivity contribution in [2.45, 2.75) is 26.2 Å². The van der Waals surface area contributed by atoms with Gasteiger partial charge in [0.1, 0.15) is 5.69 Å². The van der Waals surface area contributed by atoms with Gasteiger partial charge in [-0.1, -0.05) is 18.6 Å². The molecular weight excluding hydrogens is 252 g/mol. The molecule has 0 aliphatic carbocycles. The van der Waals surface area contributed by atoms with Crippen molar-refractivity contribution in [2.24, 2.45) is 0 Å². The zero-order chi connectivity index (χ0) is 14.5. The molecule has 0 unspecified atom stereocenters. The van der Waals surface area contributed by atoms with E-state index in [1.807, 2.05) is 43.3 Å². The number of benzene rings is 1. The minimum Gasteiger partial charge on any atom is -0.378 e. The Balaban J connectivity index is 2.36. The lowest BCUT2D eigenvalue weighted by Gasteiger charge is -2.13. The number of hydrogen-bond donors (Lipinski definition) is 0. The number of nitrogens with zero attached hydrogens (tertiary/aromatic N) is 4. The number of carbonyl (C=O) groups is 1. The van der Waals surface area contributed by atoms with Crippen LogP contribution in [0.1, 0.15) is 35.9 Å². The number of anilines is 1. The van der Waals surface area contributed by atoms with Crippen molar-refractivity contribution in [3.63, 3.8) is 0 Å². The molecule has 0 aliphatic heterocycles. The summed E-state index contributed by atoms with van der Waals surface area (Å²) in [5, 5.41) is 8.06. The molecule has 1 aromatic carbocycles. The van der Waals surface area contributed by atoms with Gasteiger partial charge in [0, 0.05) is 19.8 Å².